The molecule has 138 valence electrons. The summed E-state index contributed by atoms with van der Waals surface area (Å²) in [5.41, 5.74) is 0.439. The number of nitrogens with one attached hydrogen (secondary N) is 1. The third kappa shape index (κ3) is 3.65. The molecule has 0 bridgehead atoms. The summed E-state index contributed by atoms with van der Waals surface area (Å²) in [5, 5.41) is 3.31. The van der Waals surface area contributed by atoms with E-state index in [2.05, 4.69) is 26.2 Å². The van der Waals surface area contributed by atoms with Crippen LogP contribution in [0.1, 0.15) is 20.3 Å². The molecule has 1 saturated heterocycles. The molecule has 1 aliphatic rings. The van der Waals surface area contributed by atoms with Crippen LogP contribution in [-0.2, 0) is 16.1 Å². The van der Waals surface area contributed by atoms with Crippen LogP contribution in [0.3, 0.4) is 0 Å². The van der Waals surface area contributed by atoms with Gasteiger partial charge in [0.1, 0.15) is 6.04 Å². The van der Waals surface area contributed by atoms with Crippen molar-refractivity contribution in [2.45, 2.75) is 32.9 Å². The Morgan fingerprint density at radius 2 is 2.15 bits per heavy atom. The van der Waals surface area contributed by atoms with Crippen LogP contribution in [0, 0.1) is 5.92 Å². The molecule has 0 spiro atoms. The number of hydrogen-bond acceptors (Lipinski definition) is 4. The van der Waals surface area contributed by atoms with E-state index in [1.807, 2.05) is 19.9 Å². The number of piperazine rings is 1. The maximum Gasteiger partial charge on any atom is 0.261 e. The molecule has 1 N–H and O–H groups in total. The van der Waals surface area contributed by atoms with Crippen molar-refractivity contribution in [1.82, 2.24) is 19.8 Å². The number of halogens is 1. The predicted molar refractivity (Wildman–Crippen MR) is 102 cm³/mol. The molecule has 7 nitrogen and oxygen atoms in total. The largest absolute Gasteiger partial charge is 0.353 e. The average molecular weight is 421 g/mol. The molecule has 2 heterocycles. The second-order valence-corrected chi connectivity index (χ2v) is 7.64. The maximum absolute atomic E-state index is 12.7. The van der Waals surface area contributed by atoms with Crippen LogP contribution < -0.4 is 10.9 Å². The summed E-state index contributed by atoms with van der Waals surface area (Å²) in [4.78, 5) is 43.3. The van der Waals surface area contributed by atoms with Crippen molar-refractivity contribution in [3.8, 4) is 0 Å². The number of carbonyl (C=O) groups excluding carboxylic acids is 2. The summed E-state index contributed by atoms with van der Waals surface area (Å²) in [6.45, 7) is 5.03. The molecule has 1 aromatic carbocycles. The summed E-state index contributed by atoms with van der Waals surface area (Å²) >= 11 is 3.36. The van der Waals surface area contributed by atoms with Crippen molar-refractivity contribution in [3.63, 3.8) is 0 Å². The lowest BCUT2D eigenvalue weighted by Gasteiger charge is -2.37. The second kappa shape index (κ2) is 7.57. The third-order valence-electron chi connectivity index (χ3n) is 4.56. The fraction of sp³-hybridized carbons (Fsp3) is 0.444. The number of carbonyl (C=O) groups is 2. The van der Waals surface area contributed by atoms with Gasteiger partial charge < -0.3 is 10.2 Å². The Morgan fingerprint density at radius 3 is 2.88 bits per heavy atom. The molecule has 0 aliphatic carbocycles. The van der Waals surface area contributed by atoms with E-state index in [1.165, 1.54) is 10.9 Å². The van der Waals surface area contributed by atoms with E-state index in [1.54, 1.807) is 17.0 Å². The van der Waals surface area contributed by atoms with Gasteiger partial charge in [-0.25, -0.2) is 4.98 Å². The van der Waals surface area contributed by atoms with Crippen molar-refractivity contribution >= 4 is 38.6 Å². The molecule has 0 radical (unpaired) electrons. The molecule has 1 aromatic heterocycles. The van der Waals surface area contributed by atoms with E-state index < -0.39 is 6.04 Å². The molecule has 1 aliphatic heterocycles. The van der Waals surface area contributed by atoms with Crippen LogP contribution in [0.5, 0.6) is 0 Å². The van der Waals surface area contributed by atoms with Crippen LogP contribution in [0.4, 0.5) is 0 Å². The van der Waals surface area contributed by atoms with E-state index in [-0.39, 0.29) is 36.3 Å². The van der Waals surface area contributed by atoms with Gasteiger partial charge in [0.2, 0.25) is 11.8 Å². The quantitative estimate of drug-likeness (QED) is 0.812. The van der Waals surface area contributed by atoms with Gasteiger partial charge in [0.05, 0.1) is 17.2 Å². The van der Waals surface area contributed by atoms with E-state index in [9.17, 15) is 14.4 Å². The third-order valence-corrected chi connectivity index (χ3v) is 5.05. The van der Waals surface area contributed by atoms with Gasteiger partial charge in [-0.1, -0.05) is 29.8 Å². The fourth-order valence-electron chi connectivity index (χ4n) is 3.28. The van der Waals surface area contributed by atoms with Crippen LogP contribution in [0.25, 0.3) is 10.9 Å². The lowest BCUT2D eigenvalue weighted by molar-refractivity contribution is -0.145. The zero-order chi connectivity index (χ0) is 18.8. The van der Waals surface area contributed by atoms with Crippen LogP contribution in [0.15, 0.2) is 33.8 Å². The van der Waals surface area contributed by atoms with Gasteiger partial charge in [-0.3, -0.25) is 19.0 Å². The van der Waals surface area contributed by atoms with Crippen molar-refractivity contribution in [2.75, 3.05) is 13.1 Å². The van der Waals surface area contributed by atoms with Crippen LogP contribution in [0.2, 0.25) is 0 Å². The lowest BCUT2D eigenvalue weighted by Crippen LogP contribution is -2.59. The molecule has 0 saturated carbocycles. The number of rotatable bonds is 4. The minimum atomic E-state index is -0.460. The van der Waals surface area contributed by atoms with E-state index in [4.69, 9.17) is 0 Å². The summed E-state index contributed by atoms with van der Waals surface area (Å²) in [5.74, 6) is -0.213. The zero-order valence-electron chi connectivity index (χ0n) is 14.7. The van der Waals surface area contributed by atoms with Crippen molar-refractivity contribution in [2.24, 2.45) is 5.92 Å². The minimum absolute atomic E-state index is 0.0293. The predicted octanol–water partition coefficient (Wildman–Crippen LogP) is 1.53. The Morgan fingerprint density at radius 1 is 1.38 bits per heavy atom. The highest BCUT2D eigenvalue weighted by Crippen LogP contribution is 2.17. The average Bonchev–Trinajstić information content (AvgIpc) is 2.60. The second-order valence-electron chi connectivity index (χ2n) is 6.72. The molecule has 2 aromatic rings. The minimum Gasteiger partial charge on any atom is -0.353 e. The smallest absolute Gasteiger partial charge is 0.261 e. The Labute approximate surface area is 159 Å². The van der Waals surface area contributed by atoms with Gasteiger partial charge in [-0.15, -0.1) is 0 Å². The maximum atomic E-state index is 12.7. The molecule has 1 fully saturated rings. The lowest BCUT2D eigenvalue weighted by atomic mass is 9.99. The molecular formula is C18H21BrN4O3. The summed E-state index contributed by atoms with van der Waals surface area (Å²) < 4.78 is 2.25. The van der Waals surface area contributed by atoms with Crippen molar-refractivity contribution in [3.05, 3.63) is 39.4 Å². The van der Waals surface area contributed by atoms with Gasteiger partial charge in [-0.05, 0) is 24.1 Å². The van der Waals surface area contributed by atoms with E-state index >= 15 is 0 Å². The van der Waals surface area contributed by atoms with Crippen molar-refractivity contribution in [1.29, 1.82) is 0 Å². The molecule has 8 heteroatoms. The van der Waals surface area contributed by atoms with Crippen molar-refractivity contribution < 1.29 is 9.59 Å². The molecule has 26 heavy (non-hydrogen) atoms. The van der Waals surface area contributed by atoms with Gasteiger partial charge in [0.15, 0.2) is 0 Å². The Hall–Kier alpha value is -2.22. The van der Waals surface area contributed by atoms with Gasteiger partial charge in [0, 0.05) is 30.5 Å². The molecular weight excluding hydrogens is 400 g/mol. The Bertz CT molecular complexity index is 909. The number of aryl methyl sites for hydroxylation is 1. The number of benzene rings is 1. The zero-order valence-corrected chi connectivity index (χ0v) is 16.3. The number of aromatic nitrogens is 2. The summed E-state index contributed by atoms with van der Waals surface area (Å²) in [6.07, 6.45) is 1.62. The first-order valence-electron chi connectivity index (χ1n) is 8.60. The number of amides is 2. The molecule has 1 atom stereocenters. The first-order chi connectivity index (χ1) is 12.4. The Kier molecular flexibility index (Phi) is 5.41. The number of hydrogen-bond donors (Lipinski definition) is 1. The SMILES string of the molecule is CC(C)C1C(=O)NCCN1C(=O)CCn1cnc2ccc(Br)cc2c1=O. The monoisotopic (exact) mass is 420 g/mol. The van der Waals surface area contributed by atoms with E-state index in [0.717, 1.165) is 4.47 Å². The van der Waals surface area contributed by atoms with E-state index in [0.29, 0.717) is 24.0 Å². The van der Waals surface area contributed by atoms with Gasteiger partial charge in [0.25, 0.3) is 5.56 Å². The summed E-state index contributed by atoms with van der Waals surface area (Å²) in [6, 6.07) is 4.87. The topological polar surface area (TPSA) is 84.3 Å². The fourth-order valence-corrected chi connectivity index (χ4v) is 3.64. The first-order valence-corrected chi connectivity index (χ1v) is 9.39. The van der Waals surface area contributed by atoms with Crippen LogP contribution in [-0.4, -0.2) is 45.4 Å². The number of nitrogens with zero attached hydrogens (tertiary/aromatic N) is 3. The molecule has 3 rings (SSSR count). The molecule has 1 unspecified atom stereocenters. The first kappa shape index (κ1) is 18.6. The highest BCUT2D eigenvalue weighted by Gasteiger charge is 2.34. The van der Waals surface area contributed by atoms with Gasteiger partial charge >= 0.3 is 0 Å². The van der Waals surface area contributed by atoms with Gasteiger partial charge in [-0.2, -0.15) is 0 Å². The summed E-state index contributed by atoms with van der Waals surface area (Å²) in [7, 11) is 0. The normalized spacial score (nSPS) is 17.6. The Balaban J connectivity index is 1.77. The highest BCUT2D eigenvalue weighted by molar-refractivity contribution is 9.10. The standard InChI is InChI=1S/C18H21BrN4O3/c1-11(2)16-17(25)20-6-8-23(16)15(24)5-7-22-10-21-14-4-3-12(19)9-13(14)18(22)26/h3-4,9-11,16H,5-8H2,1-2H3,(H,20,25). The number of fused-ring (bicyclic) bond motifs is 1. The highest BCUT2D eigenvalue weighted by atomic mass is 79.9. The van der Waals surface area contributed by atoms with Crippen LogP contribution >= 0.6 is 15.9 Å². The molecule has 2 amide bonds.